The van der Waals surface area contributed by atoms with E-state index in [9.17, 15) is 0 Å². The summed E-state index contributed by atoms with van der Waals surface area (Å²) in [6.45, 7) is 0. The molecule has 2 nitrogen and oxygen atoms in total. The molecule has 262 valence electrons. The molecule has 56 heavy (non-hydrogen) atoms. The van der Waals surface area contributed by atoms with Gasteiger partial charge in [0.05, 0.1) is 5.69 Å². The van der Waals surface area contributed by atoms with Crippen LogP contribution in [0.4, 0.5) is 17.1 Å². The van der Waals surface area contributed by atoms with Crippen LogP contribution in [0.15, 0.2) is 217 Å². The zero-order chi connectivity index (χ0) is 37.0. The average molecular weight is 714 g/mol. The first-order chi connectivity index (χ1) is 27.8. The molecular weight excluding hydrogens is 679 g/mol. The van der Waals surface area contributed by atoms with Crippen molar-refractivity contribution in [3.8, 4) is 33.4 Å². The van der Waals surface area contributed by atoms with Gasteiger partial charge in [-0.05, 0) is 97.2 Å². The molecule has 0 spiro atoms. The molecular formula is C54H35NO. The summed E-state index contributed by atoms with van der Waals surface area (Å²) in [6.07, 6.45) is 0. The quantitative estimate of drug-likeness (QED) is 0.160. The lowest BCUT2D eigenvalue weighted by Crippen LogP contribution is -2.10. The van der Waals surface area contributed by atoms with Gasteiger partial charge >= 0.3 is 0 Å². The maximum Gasteiger partial charge on any atom is 0.143 e. The molecule has 0 radical (unpaired) electrons. The number of anilines is 3. The van der Waals surface area contributed by atoms with Crippen molar-refractivity contribution < 1.29 is 4.42 Å². The summed E-state index contributed by atoms with van der Waals surface area (Å²) in [5, 5.41) is 9.64. The van der Waals surface area contributed by atoms with Crippen molar-refractivity contribution in [3.63, 3.8) is 0 Å². The molecule has 0 N–H and O–H groups in total. The van der Waals surface area contributed by atoms with E-state index in [1.165, 1.54) is 43.4 Å². The van der Waals surface area contributed by atoms with E-state index in [0.717, 1.165) is 61.3 Å². The lowest BCUT2D eigenvalue weighted by atomic mass is 9.97. The van der Waals surface area contributed by atoms with E-state index in [1.807, 2.05) is 6.07 Å². The Labute approximate surface area is 325 Å². The second-order valence-corrected chi connectivity index (χ2v) is 14.5. The lowest BCUT2D eigenvalue weighted by molar-refractivity contribution is 0.670. The van der Waals surface area contributed by atoms with Crippen LogP contribution in [0.25, 0.3) is 87.6 Å². The average Bonchev–Trinajstić information content (AvgIpc) is 3.65. The fourth-order valence-electron chi connectivity index (χ4n) is 8.56. The molecule has 0 aliphatic rings. The molecule has 11 aromatic rings. The zero-order valence-electron chi connectivity index (χ0n) is 30.6. The molecule has 2 heteroatoms. The smallest absolute Gasteiger partial charge is 0.143 e. The number of benzene rings is 10. The van der Waals surface area contributed by atoms with Gasteiger partial charge in [-0.2, -0.15) is 0 Å². The SMILES string of the molecule is c1ccc(-c2cccc3c2oc2ccc(-c4cccc(N(c5ccc(-c6cccc7ccccc67)cc5)c5cc6ccccc6c6ccccc56)c4)cc23)cc1. The van der Waals surface area contributed by atoms with Gasteiger partial charge < -0.3 is 9.32 Å². The molecule has 11 rings (SSSR count). The van der Waals surface area contributed by atoms with Crippen LogP contribution < -0.4 is 4.90 Å². The molecule has 0 saturated carbocycles. The highest BCUT2D eigenvalue weighted by molar-refractivity contribution is 6.15. The van der Waals surface area contributed by atoms with Crippen molar-refractivity contribution >= 4 is 71.3 Å². The molecule has 0 aliphatic heterocycles. The number of furan rings is 1. The van der Waals surface area contributed by atoms with Crippen LogP contribution in [0.3, 0.4) is 0 Å². The maximum absolute atomic E-state index is 6.54. The second-order valence-electron chi connectivity index (χ2n) is 14.5. The predicted molar refractivity (Wildman–Crippen MR) is 237 cm³/mol. The van der Waals surface area contributed by atoms with Gasteiger partial charge in [0.1, 0.15) is 11.2 Å². The first-order valence-electron chi connectivity index (χ1n) is 19.2. The van der Waals surface area contributed by atoms with Gasteiger partial charge in [-0.15, -0.1) is 0 Å². The molecule has 0 unspecified atom stereocenters. The van der Waals surface area contributed by atoms with Crippen LogP contribution in [0.1, 0.15) is 0 Å². The Morgan fingerprint density at radius 3 is 1.75 bits per heavy atom. The van der Waals surface area contributed by atoms with Crippen LogP contribution in [0.2, 0.25) is 0 Å². The van der Waals surface area contributed by atoms with Crippen LogP contribution in [-0.2, 0) is 0 Å². The molecule has 0 aliphatic carbocycles. The third-order valence-corrected chi connectivity index (χ3v) is 11.2. The van der Waals surface area contributed by atoms with Crippen molar-refractivity contribution in [2.75, 3.05) is 4.90 Å². The molecule has 1 aromatic heterocycles. The minimum Gasteiger partial charge on any atom is -0.455 e. The van der Waals surface area contributed by atoms with Gasteiger partial charge in [0, 0.05) is 33.1 Å². The van der Waals surface area contributed by atoms with Crippen molar-refractivity contribution in [1.82, 2.24) is 0 Å². The van der Waals surface area contributed by atoms with Gasteiger partial charge in [-0.3, -0.25) is 0 Å². The summed E-state index contributed by atoms with van der Waals surface area (Å²) in [6, 6.07) is 76.5. The van der Waals surface area contributed by atoms with Crippen LogP contribution in [-0.4, -0.2) is 0 Å². The molecule has 0 saturated heterocycles. The Balaban J connectivity index is 1.08. The molecule has 1 heterocycles. The predicted octanol–water partition coefficient (Wildman–Crippen LogP) is 15.5. The highest BCUT2D eigenvalue weighted by Crippen LogP contribution is 2.44. The van der Waals surface area contributed by atoms with Crippen molar-refractivity contribution in [2.24, 2.45) is 0 Å². The highest BCUT2D eigenvalue weighted by Gasteiger charge is 2.19. The third-order valence-electron chi connectivity index (χ3n) is 11.2. The number of fused-ring (bicyclic) bond motifs is 7. The summed E-state index contributed by atoms with van der Waals surface area (Å²) >= 11 is 0. The number of hydrogen-bond acceptors (Lipinski definition) is 2. The highest BCUT2D eigenvalue weighted by atomic mass is 16.3. The van der Waals surface area contributed by atoms with Crippen molar-refractivity contribution in [1.29, 1.82) is 0 Å². The van der Waals surface area contributed by atoms with Crippen LogP contribution in [0, 0.1) is 0 Å². The molecule has 0 atom stereocenters. The van der Waals surface area contributed by atoms with Gasteiger partial charge in [0.15, 0.2) is 0 Å². The summed E-state index contributed by atoms with van der Waals surface area (Å²) < 4.78 is 6.54. The molecule has 0 amide bonds. The first-order valence-corrected chi connectivity index (χ1v) is 19.2. The maximum atomic E-state index is 6.54. The fourth-order valence-corrected chi connectivity index (χ4v) is 8.56. The normalized spacial score (nSPS) is 11.6. The zero-order valence-corrected chi connectivity index (χ0v) is 30.6. The summed E-state index contributed by atoms with van der Waals surface area (Å²) in [5.41, 5.74) is 12.1. The number of para-hydroxylation sites is 1. The van der Waals surface area contributed by atoms with E-state index in [-0.39, 0.29) is 0 Å². The Hall–Kier alpha value is -7.42. The standard InChI is InChI=1S/C54H35NO/c1-2-13-37(14-3-1)47-25-12-26-50-51-34-40(29-32-53(51)56-54(47)50)39-18-10-19-43(33-39)55(52-35-41-16-5-7-21-46(41)48-22-8-9-23-49(48)52)42-30-27-38(28-31-42)45-24-11-17-36-15-4-6-20-44(36)45/h1-35H. The van der Waals surface area contributed by atoms with E-state index < -0.39 is 0 Å². The molecule has 10 aromatic carbocycles. The second kappa shape index (κ2) is 13.2. The molecule has 0 fully saturated rings. The Morgan fingerprint density at radius 2 is 0.893 bits per heavy atom. The van der Waals surface area contributed by atoms with Crippen molar-refractivity contribution in [2.45, 2.75) is 0 Å². The summed E-state index contributed by atoms with van der Waals surface area (Å²) in [7, 11) is 0. The Kier molecular flexibility index (Phi) is 7.53. The van der Waals surface area contributed by atoms with Crippen LogP contribution >= 0.6 is 0 Å². The Morgan fingerprint density at radius 1 is 0.304 bits per heavy atom. The largest absolute Gasteiger partial charge is 0.455 e. The van der Waals surface area contributed by atoms with Gasteiger partial charge in [0.25, 0.3) is 0 Å². The van der Waals surface area contributed by atoms with E-state index in [4.69, 9.17) is 4.42 Å². The number of nitrogens with zero attached hydrogens (tertiary/aromatic N) is 1. The topological polar surface area (TPSA) is 16.4 Å². The van der Waals surface area contributed by atoms with E-state index in [1.54, 1.807) is 0 Å². The lowest BCUT2D eigenvalue weighted by Gasteiger charge is -2.28. The Bertz CT molecular complexity index is 3240. The van der Waals surface area contributed by atoms with Gasteiger partial charge in [-0.1, -0.05) is 170 Å². The monoisotopic (exact) mass is 713 g/mol. The summed E-state index contributed by atoms with van der Waals surface area (Å²) in [4.78, 5) is 2.42. The number of hydrogen-bond donors (Lipinski definition) is 0. The van der Waals surface area contributed by atoms with Gasteiger partial charge in [0.2, 0.25) is 0 Å². The molecule has 0 bridgehead atoms. The fraction of sp³-hybridized carbons (Fsp3) is 0. The van der Waals surface area contributed by atoms with Crippen molar-refractivity contribution in [3.05, 3.63) is 212 Å². The summed E-state index contributed by atoms with van der Waals surface area (Å²) in [5.74, 6) is 0. The van der Waals surface area contributed by atoms with E-state index in [0.29, 0.717) is 0 Å². The third kappa shape index (κ3) is 5.34. The minimum absolute atomic E-state index is 0.888. The number of rotatable bonds is 6. The minimum atomic E-state index is 0.888. The van der Waals surface area contributed by atoms with Crippen LogP contribution in [0.5, 0.6) is 0 Å². The first kappa shape index (κ1) is 32.0. The van der Waals surface area contributed by atoms with E-state index >= 15 is 0 Å². The van der Waals surface area contributed by atoms with E-state index in [2.05, 4.69) is 211 Å². The van der Waals surface area contributed by atoms with Gasteiger partial charge in [-0.25, -0.2) is 0 Å².